The topological polar surface area (TPSA) is 67.4 Å². The SMILES string of the molecule is CC(C)C(=O)NCCc1ccc2c(c1)NC(=O)CO2. The number of hydrogen-bond donors (Lipinski definition) is 2. The van der Waals surface area contributed by atoms with Gasteiger partial charge in [-0.2, -0.15) is 0 Å². The second-order valence-corrected chi connectivity index (χ2v) is 4.86. The van der Waals surface area contributed by atoms with E-state index in [2.05, 4.69) is 10.6 Å². The highest BCUT2D eigenvalue weighted by Crippen LogP contribution is 2.28. The molecule has 102 valence electrons. The highest BCUT2D eigenvalue weighted by Gasteiger charge is 2.15. The lowest BCUT2D eigenvalue weighted by Gasteiger charge is -2.18. The van der Waals surface area contributed by atoms with E-state index in [1.165, 1.54) is 0 Å². The second-order valence-electron chi connectivity index (χ2n) is 4.86. The number of ether oxygens (including phenoxy) is 1. The van der Waals surface area contributed by atoms with E-state index in [9.17, 15) is 9.59 Å². The van der Waals surface area contributed by atoms with Crippen LogP contribution < -0.4 is 15.4 Å². The van der Waals surface area contributed by atoms with Crippen LogP contribution in [0.1, 0.15) is 19.4 Å². The molecule has 2 N–H and O–H groups in total. The van der Waals surface area contributed by atoms with Gasteiger partial charge in [-0.3, -0.25) is 9.59 Å². The van der Waals surface area contributed by atoms with Gasteiger partial charge in [0.15, 0.2) is 6.61 Å². The van der Waals surface area contributed by atoms with Crippen molar-refractivity contribution < 1.29 is 14.3 Å². The Labute approximate surface area is 112 Å². The van der Waals surface area contributed by atoms with Crippen LogP contribution in [0.3, 0.4) is 0 Å². The van der Waals surface area contributed by atoms with Crippen LogP contribution >= 0.6 is 0 Å². The molecular formula is C14H18N2O3. The molecule has 5 heteroatoms. The Kier molecular flexibility index (Phi) is 4.04. The highest BCUT2D eigenvalue weighted by molar-refractivity contribution is 5.95. The molecule has 1 aliphatic heterocycles. The minimum Gasteiger partial charge on any atom is -0.482 e. The molecule has 0 atom stereocenters. The maximum atomic E-state index is 11.4. The number of rotatable bonds is 4. The van der Waals surface area contributed by atoms with Crippen LogP contribution in [-0.2, 0) is 16.0 Å². The molecule has 5 nitrogen and oxygen atoms in total. The smallest absolute Gasteiger partial charge is 0.262 e. The molecular weight excluding hydrogens is 244 g/mol. The zero-order chi connectivity index (χ0) is 13.8. The molecule has 1 aromatic carbocycles. The van der Waals surface area contributed by atoms with Crippen molar-refractivity contribution in [1.82, 2.24) is 5.32 Å². The Morgan fingerprint density at radius 2 is 2.26 bits per heavy atom. The number of nitrogens with one attached hydrogen (secondary N) is 2. The average molecular weight is 262 g/mol. The summed E-state index contributed by atoms with van der Waals surface area (Å²) in [6.07, 6.45) is 0.724. The summed E-state index contributed by atoms with van der Waals surface area (Å²) in [6.45, 7) is 4.38. The zero-order valence-corrected chi connectivity index (χ0v) is 11.2. The molecule has 0 spiro atoms. The monoisotopic (exact) mass is 262 g/mol. The summed E-state index contributed by atoms with van der Waals surface area (Å²) in [7, 11) is 0. The number of anilines is 1. The van der Waals surface area contributed by atoms with Gasteiger partial charge >= 0.3 is 0 Å². The first-order valence-electron chi connectivity index (χ1n) is 6.39. The Hall–Kier alpha value is -2.04. The van der Waals surface area contributed by atoms with Crippen molar-refractivity contribution in [2.24, 2.45) is 5.92 Å². The fraction of sp³-hybridized carbons (Fsp3) is 0.429. The van der Waals surface area contributed by atoms with E-state index in [0.717, 1.165) is 12.0 Å². The minimum absolute atomic E-state index is 0.00350. The number of carbonyl (C=O) groups is 2. The van der Waals surface area contributed by atoms with Gasteiger partial charge in [0.05, 0.1) is 5.69 Å². The molecule has 0 aromatic heterocycles. The van der Waals surface area contributed by atoms with Gasteiger partial charge in [-0.1, -0.05) is 19.9 Å². The summed E-state index contributed by atoms with van der Waals surface area (Å²) >= 11 is 0. The summed E-state index contributed by atoms with van der Waals surface area (Å²) in [5.74, 6) is 0.596. The van der Waals surface area contributed by atoms with Crippen molar-refractivity contribution in [3.05, 3.63) is 23.8 Å². The van der Waals surface area contributed by atoms with Crippen molar-refractivity contribution in [2.45, 2.75) is 20.3 Å². The Balaban J connectivity index is 1.93. The predicted molar refractivity (Wildman–Crippen MR) is 72.1 cm³/mol. The average Bonchev–Trinajstić information content (AvgIpc) is 2.38. The van der Waals surface area contributed by atoms with Gasteiger partial charge in [0.25, 0.3) is 5.91 Å². The van der Waals surface area contributed by atoms with E-state index in [4.69, 9.17) is 4.74 Å². The first-order valence-corrected chi connectivity index (χ1v) is 6.39. The largest absolute Gasteiger partial charge is 0.482 e. The van der Waals surface area contributed by atoms with E-state index in [-0.39, 0.29) is 24.3 Å². The van der Waals surface area contributed by atoms with Crippen molar-refractivity contribution in [3.63, 3.8) is 0 Å². The summed E-state index contributed by atoms with van der Waals surface area (Å²) in [6, 6.07) is 5.67. The van der Waals surface area contributed by atoms with Gasteiger partial charge in [-0.15, -0.1) is 0 Å². The van der Waals surface area contributed by atoms with Gasteiger partial charge in [0, 0.05) is 12.5 Å². The van der Waals surface area contributed by atoms with Crippen LogP contribution in [0.4, 0.5) is 5.69 Å². The molecule has 0 radical (unpaired) electrons. The molecule has 0 saturated carbocycles. The number of hydrogen-bond acceptors (Lipinski definition) is 3. The molecule has 0 fully saturated rings. The summed E-state index contributed by atoms with van der Waals surface area (Å²) in [4.78, 5) is 22.6. The molecule has 0 saturated heterocycles. The molecule has 19 heavy (non-hydrogen) atoms. The van der Waals surface area contributed by atoms with Gasteiger partial charge in [0.1, 0.15) is 5.75 Å². The van der Waals surface area contributed by atoms with Gasteiger partial charge in [-0.05, 0) is 24.1 Å². The van der Waals surface area contributed by atoms with Crippen molar-refractivity contribution in [3.8, 4) is 5.75 Å². The first-order chi connectivity index (χ1) is 9.06. The summed E-state index contributed by atoms with van der Waals surface area (Å²) < 4.78 is 5.28. The second kappa shape index (κ2) is 5.73. The molecule has 1 heterocycles. The molecule has 0 bridgehead atoms. The molecule has 1 aromatic rings. The molecule has 0 unspecified atom stereocenters. The third-order valence-corrected chi connectivity index (χ3v) is 2.91. The van der Waals surface area contributed by atoms with Crippen LogP contribution in [0.2, 0.25) is 0 Å². The Morgan fingerprint density at radius 1 is 1.47 bits per heavy atom. The fourth-order valence-corrected chi connectivity index (χ4v) is 1.82. The van der Waals surface area contributed by atoms with E-state index >= 15 is 0 Å². The minimum atomic E-state index is -0.141. The molecule has 1 aliphatic rings. The van der Waals surface area contributed by atoms with Crippen molar-refractivity contribution >= 4 is 17.5 Å². The molecule has 2 amide bonds. The number of benzene rings is 1. The first kappa shape index (κ1) is 13.4. The van der Waals surface area contributed by atoms with Gasteiger partial charge in [-0.25, -0.2) is 0 Å². The quantitative estimate of drug-likeness (QED) is 0.860. The number of carbonyl (C=O) groups excluding carboxylic acids is 2. The molecule has 0 aliphatic carbocycles. The van der Waals surface area contributed by atoms with Crippen LogP contribution in [0.15, 0.2) is 18.2 Å². The standard InChI is InChI=1S/C14H18N2O3/c1-9(2)14(18)15-6-5-10-3-4-12-11(7-10)16-13(17)8-19-12/h3-4,7,9H,5-6,8H2,1-2H3,(H,15,18)(H,16,17). The maximum Gasteiger partial charge on any atom is 0.262 e. The van der Waals surface area contributed by atoms with Crippen molar-refractivity contribution in [2.75, 3.05) is 18.5 Å². The third-order valence-electron chi connectivity index (χ3n) is 2.91. The summed E-state index contributed by atoms with van der Waals surface area (Å²) in [5.41, 5.74) is 1.75. The van der Waals surface area contributed by atoms with E-state index in [0.29, 0.717) is 18.0 Å². The lowest BCUT2D eigenvalue weighted by atomic mass is 10.1. The molecule has 2 rings (SSSR count). The third kappa shape index (κ3) is 3.47. The van der Waals surface area contributed by atoms with Crippen molar-refractivity contribution in [1.29, 1.82) is 0 Å². The lowest BCUT2D eigenvalue weighted by Crippen LogP contribution is -2.29. The van der Waals surface area contributed by atoms with Gasteiger partial charge in [0.2, 0.25) is 5.91 Å². The zero-order valence-electron chi connectivity index (χ0n) is 11.2. The van der Waals surface area contributed by atoms with Gasteiger partial charge < -0.3 is 15.4 Å². The lowest BCUT2D eigenvalue weighted by molar-refractivity contribution is -0.124. The normalized spacial score (nSPS) is 13.5. The maximum absolute atomic E-state index is 11.4. The van der Waals surface area contributed by atoms with Crippen LogP contribution in [0.25, 0.3) is 0 Å². The van der Waals surface area contributed by atoms with E-state index < -0.39 is 0 Å². The Bertz CT molecular complexity index is 497. The van der Waals surface area contributed by atoms with Crippen LogP contribution in [0.5, 0.6) is 5.75 Å². The number of fused-ring (bicyclic) bond motifs is 1. The van der Waals surface area contributed by atoms with E-state index in [1.807, 2.05) is 32.0 Å². The summed E-state index contributed by atoms with van der Waals surface area (Å²) in [5, 5.41) is 5.63. The highest BCUT2D eigenvalue weighted by atomic mass is 16.5. The Morgan fingerprint density at radius 3 is 3.00 bits per heavy atom. The fourth-order valence-electron chi connectivity index (χ4n) is 1.82. The number of amides is 2. The van der Waals surface area contributed by atoms with Crippen LogP contribution in [-0.4, -0.2) is 25.0 Å². The predicted octanol–water partition coefficient (Wildman–Crippen LogP) is 1.33. The van der Waals surface area contributed by atoms with E-state index in [1.54, 1.807) is 0 Å². The van der Waals surface area contributed by atoms with Crippen LogP contribution in [0, 0.1) is 5.92 Å².